The minimum absolute atomic E-state index is 0. The minimum Gasteiger partial charge on any atom is -0.497 e. The van der Waals surface area contributed by atoms with Crippen LogP contribution in [-0.4, -0.2) is 19.8 Å². The Bertz CT molecular complexity index is 370. The largest absolute Gasteiger partial charge is 0.497 e. The van der Waals surface area contributed by atoms with Crippen LogP contribution in [0.5, 0.6) is 5.75 Å². The molecule has 1 amide bonds. The number of halogens is 1. The lowest BCUT2D eigenvalue weighted by atomic mass is 10.0. The first-order valence-corrected chi connectivity index (χ1v) is 4.87. The molecule has 4 nitrogen and oxygen atoms in total. The number of amides is 1. The molecule has 16 heavy (non-hydrogen) atoms. The summed E-state index contributed by atoms with van der Waals surface area (Å²) >= 11 is 0. The van der Waals surface area contributed by atoms with E-state index < -0.39 is 0 Å². The lowest BCUT2D eigenvalue weighted by Gasteiger charge is -2.23. The van der Waals surface area contributed by atoms with Crippen molar-refractivity contribution in [3.8, 4) is 5.75 Å². The fraction of sp³-hybridized carbons (Fsp3) is 0.364. The van der Waals surface area contributed by atoms with Gasteiger partial charge in [0.1, 0.15) is 5.75 Å². The zero-order valence-electron chi connectivity index (χ0n) is 8.93. The Balaban J connectivity index is 0.00000128. The topological polar surface area (TPSA) is 47.6 Å². The molecule has 0 spiro atoms. The van der Waals surface area contributed by atoms with Gasteiger partial charge in [-0.2, -0.15) is 0 Å². The molecule has 1 N–H and O–H groups in total. The highest BCUT2D eigenvalue weighted by molar-refractivity contribution is 5.85. The minimum atomic E-state index is -0.353. The maximum atomic E-state index is 11.0. The van der Waals surface area contributed by atoms with Crippen LogP contribution in [0.2, 0.25) is 0 Å². The number of hydrogen-bond acceptors (Lipinski definition) is 3. The van der Waals surface area contributed by atoms with E-state index in [0.29, 0.717) is 6.61 Å². The first kappa shape index (κ1) is 12.6. The maximum absolute atomic E-state index is 11.0. The Kier molecular flexibility index (Phi) is 4.43. The number of cyclic esters (lactones) is 1. The van der Waals surface area contributed by atoms with Gasteiger partial charge in [0, 0.05) is 6.42 Å². The number of methoxy groups -OCH3 is 1. The summed E-state index contributed by atoms with van der Waals surface area (Å²) in [5, 5.41) is 2.77. The van der Waals surface area contributed by atoms with Crippen molar-refractivity contribution in [1.29, 1.82) is 0 Å². The fourth-order valence-electron chi connectivity index (χ4n) is 1.63. The molecule has 0 saturated carbocycles. The van der Waals surface area contributed by atoms with Crippen molar-refractivity contribution in [1.82, 2.24) is 5.32 Å². The van der Waals surface area contributed by atoms with Gasteiger partial charge in [-0.1, -0.05) is 12.1 Å². The van der Waals surface area contributed by atoms with Gasteiger partial charge in [-0.25, -0.2) is 4.79 Å². The zero-order chi connectivity index (χ0) is 10.7. The Morgan fingerprint density at radius 1 is 1.50 bits per heavy atom. The molecule has 1 fully saturated rings. The van der Waals surface area contributed by atoms with Crippen LogP contribution >= 0.6 is 12.4 Å². The van der Waals surface area contributed by atoms with Gasteiger partial charge in [-0.15, -0.1) is 12.4 Å². The molecule has 88 valence electrons. The van der Waals surface area contributed by atoms with Gasteiger partial charge in [0.25, 0.3) is 0 Å². The van der Waals surface area contributed by atoms with Gasteiger partial charge in [0.2, 0.25) is 0 Å². The average molecular weight is 244 g/mol. The predicted molar refractivity (Wildman–Crippen MR) is 62.1 cm³/mol. The highest BCUT2D eigenvalue weighted by Gasteiger charge is 2.20. The molecular formula is C11H14ClNO3. The van der Waals surface area contributed by atoms with E-state index in [1.807, 2.05) is 24.3 Å². The summed E-state index contributed by atoms with van der Waals surface area (Å²) in [4.78, 5) is 11.0. The summed E-state index contributed by atoms with van der Waals surface area (Å²) in [5.74, 6) is 0.799. The lowest BCUT2D eigenvalue weighted by Crippen LogP contribution is -2.35. The summed E-state index contributed by atoms with van der Waals surface area (Å²) in [6, 6.07) is 7.72. The third-order valence-corrected chi connectivity index (χ3v) is 2.43. The Hall–Kier alpha value is -1.42. The van der Waals surface area contributed by atoms with E-state index in [-0.39, 0.29) is 24.5 Å². The second kappa shape index (κ2) is 5.61. The van der Waals surface area contributed by atoms with E-state index >= 15 is 0 Å². The summed E-state index contributed by atoms with van der Waals surface area (Å²) in [6.07, 6.45) is 0.438. The van der Waals surface area contributed by atoms with Crippen LogP contribution in [0.4, 0.5) is 4.79 Å². The zero-order valence-corrected chi connectivity index (χ0v) is 9.75. The number of benzene rings is 1. The standard InChI is InChI=1S/C11H13NO3.ClH/c1-14-9-4-2-3-8(7-9)10-5-6-15-11(13)12-10;/h2-4,7,10H,5-6H2,1H3,(H,12,13);1H/t10-;/m1./s1. The highest BCUT2D eigenvalue weighted by atomic mass is 35.5. The van der Waals surface area contributed by atoms with E-state index in [2.05, 4.69) is 5.32 Å². The van der Waals surface area contributed by atoms with Crippen molar-refractivity contribution in [2.75, 3.05) is 13.7 Å². The smallest absolute Gasteiger partial charge is 0.407 e. The Morgan fingerprint density at radius 2 is 2.31 bits per heavy atom. The van der Waals surface area contributed by atoms with Crippen LogP contribution in [-0.2, 0) is 4.74 Å². The van der Waals surface area contributed by atoms with E-state index in [1.54, 1.807) is 7.11 Å². The maximum Gasteiger partial charge on any atom is 0.407 e. The second-order valence-electron chi connectivity index (χ2n) is 3.40. The van der Waals surface area contributed by atoms with Crippen molar-refractivity contribution in [3.63, 3.8) is 0 Å². The third kappa shape index (κ3) is 2.79. The van der Waals surface area contributed by atoms with Gasteiger partial charge < -0.3 is 14.8 Å². The molecule has 1 saturated heterocycles. The van der Waals surface area contributed by atoms with Crippen LogP contribution in [0.15, 0.2) is 24.3 Å². The van der Waals surface area contributed by atoms with Crippen LogP contribution in [0.1, 0.15) is 18.0 Å². The van der Waals surface area contributed by atoms with Gasteiger partial charge in [-0.3, -0.25) is 0 Å². The first-order valence-electron chi connectivity index (χ1n) is 4.87. The lowest BCUT2D eigenvalue weighted by molar-refractivity contribution is 0.115. The first-order chi connectivity index (χ1) is 7.29. The molecule has 0 radical (unpaired) electrons. The monoisotopic (exact) mass is 243 g/mol. The van der Waals surface area contributed by atoms with Crippen molar-refractivity contribution in [2.24, 2.45) is 0 Å². The molecule has 1 atom stereocenters. The number of nitrogens with one attached hydrogen (secondary N) is 1. The van der Waals surface area contributed by atoms with Crippen molar-refractivity contribution < 1.29 is 14.3 Å². The SMILES string of the molecule is COc1cccc([C@H]2CCOC(=O)N2)c1.Cl. The van der Waals surface area contributed by atoms with Crippen LogP contribution in [0.3, 0.4) is 0 Å². The summed E-state index contributed by atoms with van der Waals surface area (Å²) < 4.78 is 9.93. The molecule has 0 aliphatic carbocycles. The van der Waals surface area contributed by atoms with E-state index in [4.69, 9.17) is 9.47 Å². The summed E-state index contributed by atoms with van der Waals surface area (Å²) in [5.41, 5.74) is 1.05. The van der Waals surface area contributed by atoms with Crippen LogP contribution < -0.4 is 10.1 Å². The quantitative estimate of drug-likeness (QED) is 0.867. The molecule has 1 heterocycles. The molecule has 1 aromatic rings. The number of ether oxygens (including phenoxy) is 2. The molecular weight excluding hydrogens is 230 g/mol. The molecule has 2 rings (SSSR count). The molecule has 0 aromatic heterocycles. The van der Waals surface area contributed by atoms with Gasteiger partial charge in [0.05, 0.1) is 19.8 Å². The van der Waals surface area contributed by atoms with Crippen LogP contribution in [0, 0.1) is 0 Å². The molecule has 1 aliphatic rings. The Morgan fingerprint density at radius 3 is 3.00 bits per heavy atom. The molecule has 1 aromatic carbocycles. The number of carbonyl (C=O) groups is 1. The van der Waals surface area contributed by atoms with E-state index in [1.165, 1.54) is 0 Å². The predicted octanol–water partition coefficient (Wildman–Crippen LogP) is 2.29. The van der Waals surface area contributed by atoms with E-state index in [9.17, 15) is 4.79 Å². The summed E-state index contributed by atoms with van der Waals surface area (Å²) in [6.45, 7) is 0.466. The number of carbonyl (C=O) groups excluding carboxylic acids is 1. The molecule has 0 bridgehead atoms. The molecule has 5 heteroatoms. The average Bonchev–Trinajstić information content (AvgIpc) is 2.29. The second-order valence-corrected chi connectivity index (χ2v) is 3.40. The fourth-order valence-corrected chi connectivity index (χ4v) is 1.63. The van der Waals surface area contributed by atoms with E-state index in [0.717, 1.165) is 17.7 Å². The van der Waals surface area contributed by atoms with Crippen LogP contribution in [0.25, 0.3) is 0 Å². The number of alkyl carbamates (subject to hydrolysis) is 1. The normalized spacial score (nSPS) is 19.1. The molecule has 1 aliphatic heterocycles. The van der Waals surface area contributed by atoms with Gasteiger partial charge in [-0.05, 0) is 17.7 Å². The van der Waals surface area contributed by atoms with Crippen molar-refractivity contribution in [2.45, 2.75) is 12.5 Å². The third-order valence-electron chi connectivity index (χ3n) is 2.43. The van der Waals surface area contributed by atoms with Crippen molar-refractivity contribution in [3.05, 3.63) is 29.8 Å². The highest BCUT2D eigenvalue weighted by Crippen LogP contribution is 2.23. The number of rotatable bonds is 2. The van der Waals surface area contributed by atoms with Gasteiger partial charge >= 0.3 is 6.09 Å². The summed E-state index contributed by atoms with van der Waals surface area (Å²) in [7, 11) is 1.63. The molecule has 0 unspecified atom stereocenters. The van der Waals surface area contributed by atoms with Gasteiger partial charge in [0.15, 0.2) is 0 Å². The number of hydrogen-bond donors (Lipinski definition) is 1. The Labute approximate surface area is 100 Å². The van der Waals surface area contributed by atoms with Crippen molar-refractivity contribution >= 4 is 18.5 Å².